The molecule has 4 nitrogen and oxygen atoms in total. The first-order valence-corrected chi connectivity index (χ1v) is 8.36. The van der Waals surface area contributed by atoms with Gasteiger partial charge in [-0.2, -0.15) is 0 Å². The lowest BCUT2D eigenvalue weighted by Crippen LogP contribution is -2.00. The molecule has 0 rings (SSSR count). The molecule has 0 bridgehead atoms. The van der Waals surface area contributed by atoms with Crippen LogP contribution in [0, 0.1) is 23.7 Å². The summed E-state index contributed by atoms with van der Waals surface area (Å²) in [6.07, 6.45) is 10.6. The predicted octanol–water partition coefficient (Wildman–Crippen LogP) is 2.75. The Labute approximate surface area is 145 Å². The quantitative estimate of drug-likeness (QED) is 0.264. The molecule has 0 saturated carbocycles. The predicted molar refractivity (Wildman–Crippen MR) is 95.9 cm³/mol. The lowest BCUT2D eigenvalue weighted by molar-refractivity contribution is -0.141. The zero-order valence-electron chi connectivity index (χ0n) is 14.5. The fraction of sp³-hybridized carbons (Fsp3) is 0.550. The van der Waals surface area contributed by atoms with Crippen LogP contribution in [0.3, 0.4) is 0 Å². The van der Waals surface area contributed by atoms with Crippen LogP contribution in [0.4, 0.5) is 0 Å². The first kappa shape index (κ1) is 22.0. The second kappa shape index (κ2) is 15.9. The van der Waals surface area contributed by atoms with Gasteiger partial charge in [-0.15, -0.1) is 0 Å². The first-order chi connectivity index (χ1) is 11.6. The molecule has 0 heterocycles. The van der Waals surface area contributed by atoms with Crippen LogP contribution in [-0.4, -0.2) is 35.0 Å². The maximum atomic E-state index is 10.6. The van der Waals surface area contributed by atoms with Crippen molar-refractivity contribution in [1.29, 1.82) is 0 Å². The van der Waals surface area contributed by atoms with E-state index < -0.39 is 12.2 Å². The van der Waals surface area contributed by atoms with Gasteiger partial charge in [-0.25, -0.2) is 0 Å². The van der Waals surface area contributed by atoms with E-state index in [1.54, 1.807) is 6.08 Å². The van der Waals surface area contributed by atoms with Crippen LogP contribution in [0.25, 0.3) is 0 Å². The molecule has 0 aliphatic carbocycles. The summed E-state index contributed by atoms with van der Waals surface area (Å²) in [5.74, 6) is 9.76. The van der Waals surface area contributed by atoms with Crippen LogP contribution >= 0.6 is 0 Å². The number of allylic oxidation sites excluding steroid dienone is 1. The number of ether oxygens (including phenoxy) is 1. The maximum Gasteiger partial charge on any atom is 0.302 e. The number of aliphatic hydroxyl groups is 2. The van der Waals surface area contributed by atoms with Gasteiger partial charge in [0.1, 0.15) is 12.2 Å². The van der Waals surface area contributed by atoms with Crippen LogP contribution in [0.2, 0.25) is 0 Å². The van der Waals surface area contributed by atoms with E-state index in [0.717, 1.165) is 44.9 Å². The highest BCUT2D eigenvalue weighted by Crippen LogP contribution is 2.08. The molecule has 0 radical (unpaired) electrons. The number of carbonyl (C=O) groups is 1. The average Bonchev–Trinajstić information content (AvgIpc) is 2.56. The highest BCUT2D eigenvalue weighted by molar-refractivity contribution is 5.65. The van der Waals surface area contributed by atoms with Crippen molar-refractivity contribution in [2.45, 2.75) is 64.1 Å². The molecule has 0 spiro atoms. The van der Waals surface area contributed by atoms with Gasteiger partial charge in [0.05, 0.1) is 6.61 Å². The topological polar surface area (TPSA) is 66.8 Å². The molecule has 0 aliphatic heterocycles. The van der Waals surface area contributed by atoms with Crippen LogP contribution in [-0.2, 0) is 9.53 Å². The molecule has 0 aromatic carbocycles. The fourth-order valence-corrected chi connectivity index (χ4v) is 1.84. The largest absolute Gasteiger partial charge is 0.466 e. The van der Waals surface area contributed by atoms with Crippen molar-refractivity contribution in [1.82, 2.24) is 0 Å². The summed E-state index contributed by atoms with van der Waals surface area (Å²) in [7, 11) is 0. The fourth-order valence-electron chi connectivity index (χ4n) is 1.84. The molecular formula is C20H28O4. The summed E-state index contributed by atoms with van der Waals surface area (Å²) in [6, 6.07) is 0. The molecule has 0 amide bonds. The van der Waals surface area contributed by atoms with Crippen molar-refractivity contribution in [3.05, 3.63) is 24.8 Å². The van der Waals surface area contributed by atoms with E-state index in [9.17, 15) is 9.90 Å². The van der Waals surface area contributed by atoms with Gasteiger partial charge in [0.25, 0.3) is 0 Å². The smallest absolute Gasteiger partial charge is 0.302 e. The van der Waals surface area contributed by atoms with Crippen molar-refractivity contribution < 1.29 is 19.7 Å². The summed E-state index contributed by atoms with van der Waals surface area (Å²) in [4.78, 5) is 10.6. The highest BCUT2D eigenvalue weighted by atomic mass is 16.5. The summed E-state index contributed by atoms with van der Waals surface area (Å²) >= 11 is 0. The molecule has 0 unspecified atom stereocenters. The summed E-state index contributed by atoms with van der Waals surface area (Å²) < 4.78 is 4.87. The third kappa shape index (κ3) is 16.4. The van der Waals surface area contributed by atoms with Gasteiger partial charge in [0, 0.05) is 6.92 Å². The Balaban J connectivity index is 3.57. The SMILES string of the molecule is C=C[C@@H](O)C#CC#C[C@@H](O)C=CCCCCCCCCOC(C)=O. The van der Waals surface area contributed by atoms with Gasteiger partial charge < -0.3 is 14.9 Å². The monoisotopic (exact) mass is 332 g/mol. The van der Waals surface area contributed by atoms with Crippen LogP contribution < -0.4 is 0 Å². The van der Waals surface area contributed by atoms with E-state index in [4.69, 9.17) is 9.84 Å². The molecule has 132 valence electrons. The molecule has 0 aliphatic rings. The molecule has 2 atom stereocenters. The minimum absolute atomic E-state index is 0.213. The number of esters is 1. The van der Waals surface area contributed by atoms with Crippen LogP contribution in [0.15, 0.2) is 24.8 Å². The van der Waals surface area contributed by atoms with Gasteiger partial charge >= 0.3 is 5.97 Å². The Morgan fingerprint density at radius 3 is 2.25 bits per heavy atom. The zero-order valence-corrected chi connectivity index (χ0v) is 14.5. The van der Waals surface area contributed by atoms with E-state index in [1.807, 2.05) is 6.08 Å². The Morgan fingerprint density at radius 2 is 1.62 bits per heavy atom. The summed E-state index contributed by atoms with van der Waals surface area (Å²) in [5, 5.41) is 18.7. The van der Waals surface area contributed by atoms with Gasteiger partial charge in [-0.3, -0.25) is 4.79 Å². The molecule has 24 heavy (non-hydrogen) atoms. The Hall–Kier alpha value is -2.01. The Kier molecular flexibility index (Phi) is 14.5. The number of rotatable bonds is 11. The summed E-state index contributed by atoms with van der Waals surface area (Å²) in [6.45, 7) is 5.34. The van der Waals surface area contributed by atoms with Gasteiger partial charge in [-0.1, -0.05) is 56.3 Å². The second-order valence-electron chi connectivity index (χ2n) is 5.34. The normalized spacial score (nSPS) is 12.5. The van der Waals surface area contributed by atoms with Crippen molar-refractivity contribution in [3.8, 4) is 23.7 Å². The number of hydrogen-bond acceptors (Lipinski definition) is 4. The van der Waals surface area contributed by atoms with E-state index in [0.29, 0.717) is 6.61 Å². The Bertz CT molecular complexity index is 499. The number of aliphatic hydroxyl groups excluding tert-OH is 2. The molecule has 0 fully saturated rings. The van der Waals surface area contributed by atoms with E-state index in [-0.39, 0.29) is 5.97 Å². The third-order valence-corrected chi connectivity index (χ3v) is 3.11. The minimum Gasteiger partial charge on any atom is -0.466 e. The molecule has 2 N–H and O–H groups in total. The molecule has 0 aromatic rings. The summed E-state index contributed by atoms with van der Waals surface area (Å²) in [5.41, 5.74) is 0. The third-order valence-electron chi connectivity index (χ3n) is 3.11. The minimum atomic E-state index is -0.881. The van der Waals surface area contributed by atoms with E-state index >= 15 is 0 Å². The maximum absolute atomic E-state index is 10.6. The van der Waals surface area contributed by atoms with Gasteiger partial charge in [-0.05, 0) is 37.2 Å². The Morgan fingerprint density at radius 1 is 1.04 bits per heavy atom. The van der Waals surface area contributed by atoms with Crippen molar-refractivity contribution in [3.63, 3.8) is 0 Å². The highest BCUT2D eigenvalue weighted by Gasteiger charge is 1.94. The number of unbranched alkanes of at least 4 members (excludes halogenated alkanes) is 6. The number of hydrogen-bond donors (Lipinski definition) is 2. The average molecular weight is 332 g/mol. The van der Waals surface area contributed by atoms with Crippen LogP contribution in [0.5, 0.6) is 0 Å². The van der Waals surface area contributed by atoms with E-state index in [1.165, 1.54) is 13.0 Å². The lowest BCUT2D eigenvalue weighted by Gasteiger charge is -2.02. The lowest BCUT2D eigenvalue weighted by atomic mass is 10.1. The van der Waals surface area contributed by atoms with Gasteiger partial charge in [0.2, 0.25) is 0 Å². The van der Waals surface area contributed by atoms with Crippen LogP contribution in [0.1, 0.15) is 51.9 Å². The zero-order chi connectivity index (χ0) is 18.0. The molecule has 4 heteroatoms. The molecule has 0 saturated heterocycles. The first-order valence-electron chi connectivity index (χ1n) is 8.36. The van der Waals surface area contributed by atoms with Crippen molar-refractivity contribution in [2.75, 3.05) is 6.61 Å². The van der Waals surface area contributed by atoms with Gasteiger partial charge in [0.15, 0.2) is 0 Å². The van der Waals surface area contributed by atoms with Crippen molar-refractivity contribution in [2.24, 2.45) is 0 Å². The standard InChI is InChI=1S/C20H28O4/c1-3-19(22)14-11-12-16-20(23)15-10-8-6-4-5-7-9-13-17-24-18(2)21/h3,10,15,19-20,22-23H,1,4-9,13,17H2,2H3/t19-,20+/m1/s1. The molecule has 0 aromatic heterocycles. The number of carbonyl (C=O) groups excluding carboxylic acids is 1. The second-order valence-corrected chi connectivity index (χ2v) is 5.34. The van der Waals surface area contributed by atoms with Crippen molar-refractivity contribution >= 4 is 5.97 Å². The van der Waals surface area contributed by atoms with E-state index in [2.05, 4.69) is 30.3 Å². The molecular weight excluding hydrogens is 304 g/mol.